The molecule has 1 amide bonds. The van der Waals surface area contributed by atoms with Gasteiger partial charge in [0.15, 0.2) is 0 Å². The van der Waals surface area contributed by atoms with Crippen molar-refractivity contribution in [1.29, 1.82) is 5.26 Å². The molecule has 0 aliphatic rings. The Kier molecular flexibility index (Phi) is 4.33. The quantitative estimate of drug-likeness (QED) is 0.854. The van der Waals surface area contributed by atoms with Gasteiger partial charge in [-0.1, -0.05) is 29.8 Å². The molecule has 2 rings (SSSR count). The van der Waals surface area contributed by atoms with Crippen molar-refractivity contribution < 1.29 is 4.79 Å². The van der Waals surface area contributed by atoms with Crippen LogP contribution in [0.4, 0.5) is 0 Å². The van der Waals surface area contributed by atoms with Crippen LogP contribution in [0.2, 0.25) is 5.02 Å². The molecule has 1 heterocycles. The fourth-order valence-corrected chi connectivity index (χ4v) is 1.85. The lowest BCUT2D eigenvalue weighted by Gasteiger charge is -2.17. The highest BCUT2D eigenvalue weighted by Gasteiger charge is 2.12. The molecule has 0 atom stereocenters. The first kappa shape index (κ1) is 14.0. The summed E-state index contributed by atoms with van der Waals surface area (Å²) in [5.41, 5.74) is 0.876. The smallest absolute Gasteiger partial charge is 0.252 e. The van der Waals surface area contributed by atoms with Gasteiger partial charge in [0.1, 0.15) is 18.9 Å². The minimum absolute atomic E-state index is 0.0373. The van der Waals surface area contributed by atoms with E-state index in [2.05, 4.69) is 10.1 Å². The van der Waals surface area contributed by atoms with E-state index in [1.165, 1.54) is 11.0 Å². The first-order valence-electron chi connectivity index (χ1n) is 5.87. The molecule has 1 aromatic heterocycles. The zero-order valence-corrected chi connectivity index (χ0v) is 11.6. The lowest BCUT2D eigenvalue weighted by Crippen LogP contribution is -2.30. The number of nitriles is 1. The van der Waals surface area contributed by atoms with Crippen LogP contribution in [0, 0.1) is 11.3 Å². The number of carbonyl (C=O) groups is 1. The minimum atomic E-state index is -0.140. The SMILES string of the molecule is CN(Cc1ccccc1Cl)C(=O)Cn1cnc(C#N)n1. The van der Waals surface area contributed by atoms with Crippen LogP contribution in [-0.2, 0) is 17.9 Å². The van der Waals surface area contributed by atoms with Gasteiger partial charge in [0.05, 0.1) is 0 Å². The molecule has 0 radical (unpaired) electrons. The van der Waals surface area contributed by atoms with Crippen molar-refractivity contribution in [2.24, 2.45) is 0 Å². The lowest BCUT2D eigenvalue weighted by molar-refractivity contribution is -0.131. The molecule has 0 bridgehead atoms. The second-order valence-corrected chi connectivity index (χ2v) is 4.63. The van der Waals surface area contributed by atoms with Gasteiger partial charge in [-0.25, -0.2) is 9.67 Å². The Bertz CT molecular complexity index is 661. The van der Waals surface area contributed by atoms with E-state index < -0.39 is 0 Å². The van der Waals surface area contributed by atoms with Crippen molar-refractivity contribution in [3.8, 4) is 6.07 Å². The lowest BCUT2D eigenvalue weighted by atomic mass is 10.2. The van der Waals surface area contributed by atoms with Gasteiger partial charge in [-0.05, 0) is 11.6 Å². The van der Waals surface area contributed by atoms with Crippen LogP contribution in [0.25, 0.3) is 0 Å². The Labute approximate surface area is 121 Å². The molecule has 0 unspecified atom stereocenters. The van der Waals surface area contributed by atoms with Crippen LogP contribution in [0.5, 0.6) is 0 Å². The van der Waals surface area contributed by atoms with E-state index in [0.717, 1.165) is 5.56 Å². The summed E-state index contributed by atoms with van der Waals surface area (Å²) in [5, 5.41) is 13.1. The number of rotatable bonds is 4. The van der Waals surface area contributed by atoms with E-state index in [0.29, 0.717) is 11.6 Å². The van der Waals surface area contributed by atoms with Gasteiger partial charge in [0.2, 0.25) is 5.91 Å². The van der Waals surface area contributed by atoms with Crippen LogP contribution in [0.15, 0.2) is 30.6 Å². The van der Waals surface area contributed by atoms with Crippen molar-refractivity contribution in [3.63, 3.8) is 0 Å². The number of likely N-dealkylation sites (N-methyl/N-ethyl adjacent to an activating group) is 1. The van der Waals surface area contributed by atoms with E-state index in [4.69, 9.17) is 16.9 Å². The van der Waals surface area contributed by atoms with Crippen molar-refractivity contribution in [1.82, 2.24) is 19.7 Å². The van der Waals surface area contributed by atoms with E-state index in [1.807, 2.05) is 24.3 Å². The van der Waals surface area contributed by atoms with Crippen molar-refractivity contribution in [2.75, 3.05) is 7.05 Å². The molecular weight excluding hydrogens is 278 g/mol. The maximum atomic E-state index is 12.0. The number of aromatic nitrogens is 3. The molecule has 7 heteroatoms. The fraction of sp³-hybridized carbons (Fsp3) is 0.231. The zero-order chi connectivity index (χ0) is 14.5. The molecule has 20 heavy (non-hydrogen) atoms. The summed E-state index contributed by atoms with van der Waals surface area (Å²) in [6.45, 7) is 0.452. The molecule has 2 aromatic rings. The number of benzene rings is 1. The molecule has 0 saturated carbocycles. The number of amides is 1. The number of carbonyl (C=O) groups excluding carboxylic acids is 1. The van der Waals surface area contributed by atoms with Crippen LogP contribution in [-0.4, -0.2) is 32.6 Å². The summed E-state index contributed by atoms with van der Waals surface area (Å²) in [6.07, 6.45) is 1.36. The highest BCUT2D eigenvalue weighted by atomic mass is 35.5. The second-order valence-electron chi connectivity index (χ2n) is 4.22. The highest BCUT2D eigenvalue weighted by Crippen LogP contribution is 2.16. The van der Waals surface area contributed by atoms with E-state index >= 15 is 0 Å². The zero-order valence-electron chi connectivity index (χ0n) is 10.8. The van der Waals surface area contributed by atoms with Gasteiger partial charge in [-0.2, -0.15) is 5.26 Å². The second kappa shape index (κ2) is 6.17. The molecule has 102 valence electrons. The Morgan fingerprint density at radius 1 is 1.50 bits per heavy atom. The molecule has 6 nitrogen and oxygen atoms in total. The summed E-state index contributed by atoms with van der Waals surface area (Å²) < 4.78 is 1.34. The van der Waals surface area contributed by atoms with Crippen LogP contribution >= 0.6 is 11.6 Å². The van der Waals surface area contributed by atoms with Gasteiger partial charge in [-0.15, -0.1) is 5.10 Å². The molecular formula is C13H12ClN5O. The van der Waals surface area contributed by atoms with E-state index in [-0.39, 0.29) is 18.3 Å². The van der Waals surface area contributed by atoms with E-state index in [1.54, 1.807) is 18.0 Å². The Morgan fingerprint density at radius 2 is 2.25 bits per heavy atom. The number of halogens is 1. The highest BCUT2D eigenvalue weighted by molar-refractivity contribution is 6.31. The van der Waals surface area contributed by atoms with E-state index in [9.17, 15) is 4.79 Å². The molecule has 0 aliphatic heterocycles. The summed E-state index contributed by atoms with van der Waals surface area (Å²) >= 11 is 6.05. The number of hydrogen-bond acceptors (Lipinski definition) is 4. The summed E-state index contributed by atoms with van der Waals surface area (Å²) in [7, 11) is 1.69. The summed E-state index contributed by atoms with van der Waals surface area (Å²) in [5.74, 6) is -0.0918. The molecule has 0 spiro atoms. The Morgan fingerprint density at radius 3 is 2.90 bits per heavy atom. The predicted molar refractivity (Wildman–Crippen MR) is 72.7 cm³/mol. The normalized spacial score (nSPS) is 10.1. The maximum Gasteiger partial charge on any atom is 0.252 e. The van der Waals surface area contributed by atoms with Gasteiger partial charge < -0.3 is 4.90 Å². The minimum Gasteiger partial charge on any atom is -0.340 e. The maximum absolute atomic E-state index is 12.0. The van der Waals surface area contributed by atoms with Crippen LogP contribution in [0.1, 0.15) is 11.4 Å². The molecule has 0 N–H and O–H groups in total. The summed E-state index contributed by atoms with van der Waals surface area (Å²) in [6, 6.07) is 9.18. The number of hydrogen-bond donors (Lipinski definition) is 0. The van der Waals surface area contributed by atoms with Crippen molar-refractivity contribution in [2.45, 2.75) is 13.1 Å². The topological polar surface area (TPSA) is 74.8 Å². The summed E-state index contributed by atoms with van der Waals surface area (Å²) in [4.78, 5) is 17.3. The van der Waals surface area contributed by atoms with Gasteiger partial charge in [0.25, 0.3) is 5.82 Å². The standard InChI is InChI=1S/C13H12ClN5O/c1-18(7-10-4-2-3-5-11(10)14)13(20)8-19-9-16-12(6-15)17-19/h2-5,9H,7-8H2,1H3. The third kappa shape index (κ3) is 3.33. The monoisotopic (exact) mass is 289 g/mol. The molecule has 0 saturated heterocycles. The van der Waals surface area contributed by atoms with Crippen LogP contribution < -0.4 is 0 Å². The molecule has 0 fully saturated rings. The van der Waals surface area contributed by atoms with Gasteiger partial charge in [0, 0.05) is 18.6 Å². The van der Waals surface area contributed by atoms with Gasteiger partial charge >= 0.3 is 0 Å². The first-order chi connectivity index (χ1) is 9.60. The largest absolute Gasteiger partial charge is 0.340 e. The van der Waals surface area contributed by atoms with Crippen molar-refractivity contribution >= 4 is 17.5 Å². The van der Waals surface area contributed by atoms with Crippen LogP contribution in [0.3, 0.4) is 0 Å². The predicted octanol–water partition coefficient (Wildman–Crippen LogP) is 1.46. The average molecular weight is 290 g/mol. The molecule has 1 aromatic carbocycles. The number of nitrogens with zero attached hydrogens (tertiary/aromatic N) is 5. The third-order valence-corrected chi connectivity index (χ3v) is 3.09. The van der Waals surface area contributed by atoms with Crippen molar-refractivity contribution in [3.05, 3.63) is 47.0 Å². The average Bonchev–Trinajstić information content (AvgIpc) is 2.89. The fourth-order valence-electron chi connectivity index (χ4n) is 1.65. The third-order valence-electron chi connectivity index (χ3n) is 2.72. The molecule has 0 aliphatic carbocycles. The first-order valence-corrected chi connectivity index (χ1v) is 6.25. The Balaban J connectivity index is 1.99. The van der Waals surface area contributed by atoms with Gasteiger partial charge in [-0.3, -0.25) is 4.79 Å². The Hall–Kier alpha value is -2.39.